The Morgan fingerprint density at radius 3 is 1.47 bits per heavy atom. The minimum Gasteiger partial charge on any atom is -0.226 e. The van der Waals surface area contributed by atoms with Gasteiger partial charge >= 0.3 is 0 Å². The molecule has 7 rings (SSSR count). The van der Waals surface area contributed by atoms with Gasteiger partial charge in [-0.15, -0.1) is 0 Å². The molecule has 0 saturated heterocycles. The third-order valence-corrected chi connectivity index (χ3v) is 16.6. The molecule has 2 atom stereocenters. The number of nitrogens with zero attached hydrogens (tertiary/aromatic N) is 2. The van der Waals surface area contributed by atoms with Gasteiger partial charge in [-0.25, -0.2) is 9.13 Å². The van der Waals surface area contributed by atoms with Gasteiger partial charge in [0.1, 0.15) is 18.2 Å². The molecule has 2 nitrogen and oxygen atoms in total. The van der Waals surface area contributed by atoms with Crippen LogP contribution in [-0.2, 0) is 0 Å². The highest BCUT2D eigenvalue weighted by Crippen LogP contribution is 2.64. The first-order chi connectivity index (χ1) is 22.4. The molecule has 0 amide bonds. The fourth-order valence-corrected chi connectivity index (χ4v) is 14.9. The normalized spacial score (nSPS) is 17.8. The summed E-state index contributed by atoms with van der Waals surface area (Å²) in [5.74, 6) is 0.615. The van der Waals surface area contributed by atoms with Gasteiger partial charge in [0.2, 0.25) is 6.33 Å². The van der Waals surface area contributed by atoms with Crippen molar-refractivity contribution < 1.29 is 4.57 Å². The number of rotatable bonds is 10. The molecular formula is C41H47N2P2+. The molecule has 1 aromatic heterocycles. The predicted octanol–water partition coefficient (Wildman–Crippen LogP) is 10.1. The van der Waals surface area contributed by atoms with E-state index < -0.39 is 7.92 Å². The quantitative estimate of drug-likeness (QED) is 0.107. The van der Waals surface area contributed by atoms with E-state index in [0.717, 1.165) is 11.3 Å². The average Bonchev–Trinajstić information content (AvgIpc) is 3.61. The summed E-state index contributed by atoms with van der Waals surface area (Å²) in [5, 5.41) is 2.83. The van der Waals surface area contributed by atoms with Crippen LogP contribution in [0.15, 0.2) is 140 Å². The Labute approximate surface area is 273 Å². The van der Waals surface area contributed by atoms with Gasteiger partial charge in [0, 0.05) is 19.0 Å². The molecule has 0 N–H and O–H groups in total. The van der Waals surface area contributed by atoms with E-state index in [2.05, 4.69) is 149 Å². The van der Waals surface area contributed by atoms with Gasteiger partial charge in [-0.1, -0.05) is 160 Å². The van der Waals surface area contributed by atoms with E-state index in [4.69, 9.17) is 0 Å². The lowest BCUT2D eigenvalue weighted by molar-refractivity contribution is -0.692. The summed E-state index contributed by atoms with van der Waals surface area (Å²) in [6, 6.07) is 45.3. The van der Waals surface area contributed by atoms with Gasteiger partial charge in [-0.05, 0) is 55.5 Å². The third kappa shape index (κ3) is 7.04. The molecule has 2 aliphatic rings. The molecular weight excluding hydrogens is 582 g/mol. The minimum absolute atomic E-state index is 0.194. The number of benzene rings is 4. The van der Waals surface area contributed by atoms with Crippen LogP contribution in [0.1, 0.15) is 86.9 Å². The van der Waals surface area contributed by atoms with Gasteiger partial charge in [0.25, 0.3) is 0 Å². The second-order valence-corrected chi connectivity index (χ2v) is 18.1. The largest absolute Gasteiger partial charge is 0.245 e. The number of imidazole rings is 1. The lowest BCUT2D eigenvalue weighted by atomic mass is 9.99. The summed E-state index contributed by atoms with van der Waals surface area (Å²) in [6.07, 6.45) is 21.5. The van der Waals surface area contributed by atoms with E-state index in [1.807, 2.05) is 0 Å². The molecule has 2 saturated carbocycles. The molecule has 4 heteroatoms. The molecule has 45 heavy (non-hydrogen) atoms. The van der Waals surface area contributed by atoms with Crippen LogP contribution in [0.5, 0.6) is 0 Å². The van der Waals surface area contributed by atoms with E-state index in [1.54, 1.807) is 0 Å². The fourth-order valence-electron chi connectivity index (χ4n) is 7.94. The molecule has 0 spiro atoms. The van der Waals surface area contributed by atoms with Gasteiger partial charge in [-0.3, -0.25) is 0 Å². The zero-order chi connectivity index (χ0) is 30.3. The van der Waals surface area contributed by atoms with Crippen LogP contribution in [0.3, 0.4) is 0 Å². The maximum Gasteiger partial charge on any atom is 0.245 e. The Balaban J connectivity index is 1.36. The Morgan fingerprint density at radius 2 is 0.978 bits per heavy atom. The first-order valence-corrected chi connectivity index (χ1v) is 20.2. The van der Waals surface area contributed by atoms with Crippen molar-refractivity contribution in [2.75, 3.05) is 0 Å². The second kappa shape index (κ2) is 15.0. The minimum atomic E-state index is -0.712. The zero-order valence-corrected chi connectivity index (χ0v) is 28.2. The molecule has 4 aromatic carbocycles. The zero-order valence-electron chi connectivity index (χ0n) is 26.4. The van der Waals surface area contributed by atoms with E-state index in [1.165, 1.54) is 85.9 Å². The van der Waals surface area contributed by atoms with Crippen LogP contribution in [-0.4, -0.2) is 15.9 Å². The summed E-state index contributed by atoms with van der Waals surface area (Å²) in [4.78, 5) is 0. The summed E-state index contributed by atoms with van der Waals surface area (Å²) in [7, 11) is -0.933. The van der Waals surface area contributed by atoms with Gasteiger partial charge in [0.15, 0.2) is 5.78 Å². The van der Waals surface area contributed by atoms with Crippen molar-refractivity contribution in [3.05, 3.63) is 151 Å². The molecule has 0 aliphatic heterocycles. The number of hydrogen-bond acceptors (Lipinski definition) is 0. The average molecular weight is 630 g/mol. The summed E-state index contributed by atoms with van der Waals surface area (Å²) in [6.45, 7) is 0. The van der Waals surface area contributed by atoms with Crippen LogP contribution in [0.4, 0.5) is 0 Å². The first kappa shape index (κ1) is 30.6. The third-order valence-electron chi connectivity index (χ3n) is 10.0. The van der Waals surface area contributed by atoms with Crippen LogP contribution in [0.25, 0.3) is 0 Å². The second-order valence-electron chi connectivity index (χ2n) is 12.9. The van der Waals surface area contributed by atoms with Gasteiger partial charge < -0.3 is 0 Å². The topological polar surface area (TPSA) is 8.81 Å². The van der Waals surface area contributed by atoms with E-state index in [9.17, 15) is 0 Å². The standard InChI is InChI=1S/C41H47N2P2/c1-7-19-34(20-8-1)40(44(36-23-11-3-12-24-36)37-25-13-4-14-26-37)42-31-32-43(33-42)41(35-21-9-2-10-22-35)45(38-27-15-5-16-28-38)39-29-17-6-18-30-39/h1-4,7-14,19-26,31-33,38-41H,5-6,15-18,27-30H2/q+1/t40-,41-/m1/s1. The summed E-state index contributed by atoms with van der Waals surface area (Å²) < 4.78 is 5.22. The molecule has 0 bridgehead atoms. The molecule has 0 unspecified atom stereocenters. The van der Waals surface area contributed by atoms with Crippen molar-refractivity contribution in [1.29, 1.82) is 0 Å². The Bertz CT molecular complexity index is 1520. The van der Waals surface area contributed by atoms with E-state index in [-0.39, 0.29) is 13.7 Å². The van der Waals surface area contributed by atoms with E-state index >= 15 is 0 Å². The van der Waals surface area contributed by atoms with Gasteiger partial charge in [-0.2, -0.15) is 0 Å². The lowest BCUT2D eigenvalue weighted by Gasteiger charge is -2.41. The number of hydrogen-bond donors (Lipinski definition) is 0. The van der Waals surface area contributed by atoms with Gasteiger partial charge in [0.05, 0.1) is 0 Å². The van der Waals surface area contributed by atoms with Crippen molar-refractivity contribution in [3.8, 4) is 0 Å². The van der Waals surface area contributed by atoms with Crippen molar-refractivity contribution >= 4 is 26.5 Å². The molecule has 5 aromatic rings. The smallest absolute Gasteiger partial charge is 0.226 e. The summed E-state index contributed by atoms with van der Waals surface area (Å²) in [5.41, 5.74) is 4.62. The van der Waals surface area contributed by atoms with Crippen LogP contribution in [0, 0.1) is 0 Å². The molecule has 1 heterocycles. The van der Waals surface area contributed by atoms with E-state index in [0.29, 0.717) is 5.78 Å². The van der Waals surface area contributed by atoms with Crippen LogP contribution >= 0.6 is 15.8 Å². The highest BCUT2D eigenvalue weighted by atomic mass is 31.1. The molecule has 230 valence electrons. The lowest BCUT2D eigenvalue weighted by Crippen LogP contribution is -2.41. The highest BCUT2D eigenvalue weighted by molar-refractivity contribution is 7.73. The first-order valence-electron chi connectivity index (χ1n) is 17.2. The monoisotopic (exact) mass is 629 g/mol. The predicted molar refractivity (Wildman–Crippen MR) is 194 cm³/mol. The van der Waals surface area contributed by atoms with Crippen molar-refractivity contribution in [2.24, 2.45) is 0 Å². The van der Waals surface area contributed by atoms with Crippen LogP contribution < -0.4 is 15.2 Å². The Hall–Kier alpha value is -3.05. The number of aromatic nitrogens is 2. The van der Waals surface area contributed by atoms with Crippen molar-refractivity contribution in [3.63, 3.8) is 0 Å². The fraction of sp³-hybridized carbons (Fsp3) is 0.341. The highest BCUT2D eigenvalue weighted by Gasteiger charge is 2.41. The van der Waals surface area contributed by atoms with Crippen LogP contribution in [0.2, 0.25) is 0 Å². The Morgan fingerprint density at radius 1 is 0.533 bits per heavy atom. The van der Waals surface area contributed by atoms with Crippen molar-refractivity contribution in [2.45, 2.75) is 87.1 Å². The van der Waals surface area contributed by atoms with Crippen molar-refractivity contribution in [1.82, 2.24) is 4.57 Å². The maximum absolute atomic E-state index is 2.66. The molecule has 2 fully saturated rings. The molecule has 0 radical (unpaired) electrons. The maximum atomic E-state index is 2.66. The SMILES string of the molecule is c1ccc([C@H]([n+]2ccn([C@@H](c3ccccc3)P(C3CCCCC3)C3CCCCC3)c2)P(c2ccccc2)c2ccccc2)cc1. The Kier molecular flexibility index (Phi) is 10.2. The summed E-state index contributed by atoms with van der Waals surface area (Å²) >= 11 is 0. The molecule has 2 aliphatic carbocycles.